The third-order valence-corrected chi connectivity index (χ3v) is 5.43. The fraction of sp³-hybridized carbons (Fsp3) is 0.474. The molecule has 1 aromatic carbocycles. The van der Waals surface area contributed by atoms with Crippen molar-refractivity contribution in [3.63, 3.8) is 0 Å². The summed E-state index contributed by atoms with van der Waals surface area (Å²) >= 11 is 0. The van der Waals surface area contributed by atoms with Gasteiger partial charge in [0.25, 0.3) is 5.91 Å². The first-order chi connectivity index (χ1) is 11.7. The van der Waals surface area contributed by atoms with E-state index in [0.717, 1.165) is 42.8 Å². The van der Waals surface area contributed by atoms with Gasteiger partial charge in [-0.15, -0.1) is 0 Å². The summed E-state index contributed by atoms with van der Waals surface area (Å²) in [4.78, 5) is 21.4. The summed E-state index contributed by atoms with van der Waals surface area (Å²) in [6.07, 6.45) is 7.78. The van der Waals surface area contributed by atoms with Gasteiger partial charge in [-0.1, -0.05) is 12.1 Å². The lowest BCUT2D eigenvalue weighted by atomic mass is 10.0. The van der Waals surface area contributed by atoms with Crippen molar-refractivity contribution in [1.82, 2.24) is 14.8 Å². The highest BCUT2D eigenvalue weighted by atomic mass is 16.3. The molecule has 2 atom stereocenters. The number of hydrogen-bond acceptors (Lipinski definition) is 4. The Bertz CT molecular complexity index is 696. The molecule has 4 rings (SSSR count). The summed E-state index contributed by atoms with van der Waals surface area (Å²) in [5, 5.41) is 0. The Morgan fingerprint density at radius 3 is 2.54 bits per heavy atom. The lowest BCUT2D eigenvalue weighted by molar-refractivity contribution is 0.0664. The molecule has 1 aromatic heterocycles. The van der Waals surface area contributed by atoms with Crippen LogP contribution < -0.4 is 0 Å². The molecule has 2 aliphatic rings. The number of likely N-dealkylation sites (N-methyl/N-ethyl adjacent to an activating group) is 1. The summed E-state index contributed by atoms with van der Waals surface area (Å²) in [5.74, 6) is 0.877. The number of likely N-dealkylation sites (tertiary alicyclic amines) is 2. The normalized spacial score (nSPS) is 24.6. The average Bonchev–Trinajstić information content (AvgIpc) is 3.35. The zero-order valence-corrected chi connectivity index (χ0v) is 14.0. The molecule has 0 aliphatic carbocycles. The van der Waals surface area contributed by atoms with E-state index in [2.05, 4.69) is 21.8 Å². The number of carbonyl (C=O) groups is 1. The maximum Gasteiger partial charge on any atom is 0.254 e. The summed E-state index contributed by atoms with van der Waals surface area (Å²) in [6, 6.07) is 8.53. The molecule has 0 N–H and O–H groups in total. The van der Waals surface area contributed by atoms with Crippen LogP contribution in [0.2, 0.25) is 0 Å². The van der Waals surface area contributed by atoms with Crippen molar-refractivity contribution >= 4 is 5.91 Å². The number of amides is 1. The number of carbonyl (C=O) groups excluding carboxylic acids is 1. The molecule has 24 heavy (non-hydrogen) atoms. The molecule has 3 heterocycles. The second kappa shape index (κ2) is 6.40. The largest absolute Gasteiger partial charge is 0.444 e. The van der Waals surface area contributed by atoms with Gasteiger partial charge >= 0.3 is 0 Å². The van der Waals surface area contributed by atoms with E-state index in [1.165, 1.54) is 19.2 Å². The van der Waals surface area contributed by atoms with Gasteiger partial charge in [-0.25, -0.2) is 4.98 Å². The van der Waals surface area contributed by atoms with Gasteiger partial charge in [0.2, 0.25) is 0 Å². The van der Waals surface area contributed by atoms with Crippen molar-refractivity contribution in [2.45, 2.75) is 37.8 Å². The van der Waals surface area contributed by atoms with Crippen molar-refractivity contribution in [2.75, 3.05) is 20.1 Å². The molecule has 0 saturated carbocycles. The molecule has 2 aromatic rings. The first-order valence-electron chi connectivity index (χ1n) is 8.74. The van der Waals surface area contributed by atoms with Crippen molar-refractivity contribution in [2.24, 2.45) is 0 Å². The van der Waals surface area contributed by atoms with Crippen LogP contribution in [0.15, 0.2) is 41.3 Å². The highest BCUT2D eigenvalue weighted by Crippen LogP contribution is 2.30. The third kappa shape index (κ3) is 2.73. The Kier molecular flexibility index (Phi) is 4.10. The van der Waals surface area contributed by atoms with Gasteiger partial charge in [-0.2, -0.15) is 0 Å². The zero-order chi connectivity index (χ0) is 16.5. The first kappa shape index (κ1) is 15.4. The second-order valence-corrected chi connectivity index (χ2v) is 6.84. The zero-order valence-electron chi connectivity index (χ0n) is 14.0. The first-order valence-corrected chi connectivity index (χ1v) is 8.74. The fourth-order valence-electron chi connectivity index (χ4n) is 4.17. The molecule has 0 unspecified atom stereocenters. The molecular formula is C19H23N3O2. The topological polar surface area (TPSA) is 49.6 Å². The average molecular weight is 325 g/mol. The van der Waals surface area contributed by atoms with Gasteiger partial charge in [-0.05, 0) is 51.4 Å². The van der Waals surface area contributed by atoms with E-state index in [0.29, 0.717) is 12.1 Å². The SMILES string of the molecule is CN1CCC[C@@H]1[C@H]1CCCN1C(=O)c1ccc(-c2cnco2)cc1. The monoisotopic (exact) mass is 325 g/mol. The highest BCUT2D eigenvalue weighted by molar-refractivity contribution is 5.95. The van der Waals surface area contributed by atoms with Crippen LogP contribution in [0.1, 0.15) is 36.0 Å². The third-order valence-electron chi connectivity index (χ3n) is 5.43. The van der Waals surface area contributed by atoms with E-state index in [1.54, 1.807) is 6.20 Å². The Morgan fingerprint density at radius 1 is 1.12 bits per heavy atom. The van der Waals surface area contributed by atoms with Crippen LogP contribution in [0, 0.1) is 0 Å². The van der Waals surface area contributed by atoms with E-state index in [4.69, 9.17) is 4.42 Å². The standard InChI is InChI=1S/C19H23N3O2/c1-21-10-2-4-16(21)17-5-3-11-22(17)19(23)15-8-6-14(7-9-15)18-12-20-13-24-18/h6-9,12-13,16-17H,2-5,10-11H2,1H3/t16-,17-/m1/s1. The maximum absolute atomic E-state index is 13.0. The van der Waals surface area contributed by atoms with E-state index in [9.17, 15) is 4.79 Å². The van der Waals surface area contributed by atoms with E-state index in [-0.39, 0.29) is 5.91 Å². The van der Waals surface area contributed by atoms with Crippen molar-refractivity contribution in [3.05, 3.63) is 42.4 Å². The summed E-state index contributed by atoms with van der Waals surface area (Å²) < 4.78 is 5.30. The Hall–Kier alpha value is -2.14. The van der Waals surface area contributed by atoms with Crippen molar-refractivity contribution < 1.29 is 9.21 Å². The molecule has 0 bridgehead atoms. The molecule has 2 fully saturated rings. The predicted octanol–water partition coefficient (Wildman–Crippen LogP) is 3.04. The molecule has 0 radical (unpaired) electrons. The molecule has 5 nitrogen and oxygen atoms in total. The van der Waals surface area contributed by atoms with Gasteiger partial charge in [0.15, 0.2) is 12.2 Å². The van der Waals surface area contributed by atoms with Gasteiger partial charge in [0.05, 0.1) is 6.20 Å². The highest BCUT2D eigenvalue weighted by Gasteiger charge is 2.38. The number of rotatable bonds is 3. The van der Waals surface area contributed by atoms with E-state index < -0.39 is 0 Å². The minimum Gasteiger partial charge on any atom is -0.444 e. The molecule has 126 valence electrons. The van der Waals surface area contributed by atoms with Crippen LogP contribution in [0.3, 0.4) is 0 Å². The molecule has 2 aliphatic heterocycles. The van der Waals surface area contributed by atoms with Gasteiger partial charge < -0.3 is 14.2 Å². The summed E-state index contributed by atoms with van der Waals surface area (Å²) in [6.45, 7) is 2.02. The minimum absolute atomic E-state index is 0.155. The van der Waals surface area contributed by atoms with Crippen LogP contribution in [-0.2, 0) is 0 Å². The van der Waals surface area contributed by atoms with Crippen molar-refractivity contribution in [1.29, 1.82) is 0 Å². The Labute approximate surface area is 142 Å². The Morgan fingerprint density at radius 2 is 1.88 bits per heavy atom. The number of aromatic nitrogens is 1. The van der Waals surface area contributed by atoms with Crippen LogP contribution in [0.4, 0.5) is 0 Å². The number of hydrogen-bond donors (Lipinski definition) is 0. The van der Waals surface area contributed by atoms with Crippen LogP contribution in [0.25, 0.3) is 11.3 Å². The number of oxazole rings is 1. The summed E-state index contributed by atoms with van der Waals surface area (Å²) in [7, 11) is 2.19. The molecule has 1 amide bonds. The molecule has 2 saturated heterocycles. The molecule has 5 heteroatoms. The quantitative estimate of drug-likeness (QED) is 0.870. The summed E-state index contributed by atoms with van der Waals surface area (Å²) in [5.41, 5.74) is 1.70. The van der Waals surface area contributed by atoms with Gasteiger partial charge in [0, 0.05) is 29.8 Å². The smallest absolute Gasteiger partial charge is 0.254 e. The van der Waals surface area contributed by atoms with Crippen molar-refractivity contribution in [3.8, 4) is 11.3 Å². The number of benzene rings is 1. The predicted molar refractivity (Wildman–Crippen MR) is 91.6 cm³/mol. The van der Waals surface area contributed by atoms with Crippen LogP contribution in [0.5, 0.6) is 0 Å². The fourth-order valence-corrected chi connectivity index (χ4v) is 4.17. The van der Waals surface area contributed by atoms with Crippen LogP contribution in [-0.4, -0.2) is 52.9 Å². The lowest BCUT2D eigenvalue weighted by Crippen LogP contribution is -2.47. The van der Waals surface area contributed by atoms with E-state index >= 15 is 0 Å². The Balaban J connectivity index is 1.52. The van der Waals surface area contributed by atoms with Gasteiger partial charge in [0.1, 0.15) is 0 Å². The minimum atomic E-state index is 0.155. The molecule has 0 spiro atoms. The molecular weight excluding hydrogens is 302 g/mol. The second-order valence-electron chi connectivity index (χ2n) is 6.84. The maximum atomic E-state index is 13.0. The van der Waals surface area contributed by atoms with E-state index in [1.807, 2.05) is 24.3 Å². The lowest BCUT2D eigenvalue weighted by Gasteiger charge is -2.33. The number of nitrogens with zero attached hydrogens (tertiary/aromatic N) is 3. The van der Waals surface area contributed by atoms with Gasteiger partial charge in [-0.3, -0.25) is 4.79 Å². The van der Waals surface area contributed by atoms with Crippen LogP contribution >= 0.6 is 0 Å².